The van der Waals surface area contributed by atoms with Crippen LogP contribution in [0.3, 0.4) is 0 Å². The zero-order chi connectivity index (χ0) is 17.6. The number of carbonyl (C=O) groups is 1. The fourth-order valence-corrected chi connectivity index (χ4v) is 3.84. The van der Waals surface area contributed by atoms with Gasteiger partial charge >= 0.3 is 0 Å². The number of rotatable bonds is 3. The van der Waals surface area contributed by atoms with Crippen molar-refractivity contribution in [3.8, 4) is 22.5 Å². The van der Waals surface area contributed by atoms with Crippen molar-refractivity contribution < 1.29 is 9.18 Å². The summed E-state index contributed by atoms with van der Waals surface area (Å²) >= 11 is 7.53. The molecule has 0 N–H and O–H groups in total. The second kappa shape index (κ2) is 6.10. The highest BCUT2D eigenvalue weighted by molar-refractivity contribution is 7.15. The number of fused-ring (bicyclic) bond motifs is 1. The van der Waals surface area contributed by atoms with Gasteiger partial charge in [0.05, 0.1) is 5.69 Å². The van der Waals surface area contributed by atoms with Crippen LogP contribution in [-0.4, -0.2) is 15.7 Å². The number of hydrogen-bond donors (Lipinski definition) is 0. The van der Waals surface area contributed by atoms with Crippen molar-refractivity contribution in [3.05, 3.63) is 69.9 Å². The number of aromatic nitrogens is 2. The summed E-state index contributed by atoms with van der Waals surface area (Å²) in [5, 5.41) is 2.59. The number of halogens is 2. The summed E-state index contributed by atoms with van der Waals surface area (Å²) in [6.07, 6.45) is 0.805. The third-order valence-electron chi connectivity index (χ3n) is 4.08. The van der Waals surface area contributed by atoms with E-state index in [-0.39, 0.29) is 5.82 Å². The Morgan fingerprint density at radius 1 is 1.16 bits per heavy atom. The first-order chi connectivity index (χ1) is 12.1. The fourth-order valence-electron chi connectivity index (χ4n) is 2.82. The predicted octanol–water partition coefficient (Wildman–Crippen LogP) is 5.64. The standard InChI is InChI=1S/C19H12ClFN2OS/c1-11-8-13(4-7-15(11)20)18-16(9-24)23-17(10-25-19(23)22-18)12-2-5-14(21)6-3-12/h2-10H,1H3. The molecule has 0 aliphatic carbocycles. The minimum absolute atomic E-state index is 0.297. The molecule has 4 rings (SSSR count). The van der Waals surface area contributed by atoms with E-state index in [1.807, 2.05) is 28.8 Å². The second-order valence-corrected chi connectivity index (χ2v) is 6.92. The Labute approximate surface area is 152 Å². The summed E-state index contributed by atoms with van der Waals surface area (Å²) in [5.41, 5.74) is 4.48. The van der Waals surface area contributed by atoms with Gasteiger partial charge in [-0.25, -0.2) is 9.37 Å². The molecule has 0 bridgehead atoms. The summed E-state index contributed by atoms with van der Waals surface area (Å²) in [6, 6.07) is 11.8. The van der Waals surface area contributed by atoms with Gasteiger partial charge in [0, 0.05) is 16.0 Å². The molecule has 0 unspecified atom stereocenters. The zero-order valence-corrected chi connectivity index (χ0v) is 14.7. The molecule has 0 atom stereocenters. The van der Waals surface area contributed by atoms with Crippen LogP contribution in [0.15, 0.2) is 47.8 Å². The SMILES string of the molecule is Cc1cc(-c2nc3scc(-c4ccc(F)cc4)n3c2C=O)ccc1Cl. The topological polar surface area (TPSA) is 34.4 Å². The van der Waals surface area contributed by atoms with Gasteiger partial charge in [0.1, 0.15) is 17.2 Å². The van der Waals surface area contributed by atoms with Crippen molar-refractivity contribution in [1.29, 1.82) is 0 Å². The Morgan fingerprint density at radius 2 is 1.88 bits per heavy atom. The van der Waals surface area contributed by atoms with Gasteiger partial charge in [-0.15, -0.1) is 11.3 Å². The molecule has 2 heterocycles. The van der Waals surface area contributed by atoms with E-state index >= 15 is 0 Å². The van der Waals surface area contributed by atoms with E-state index in [2.05, 4.69) is 4.98 Å². The number of aryl methyl sites for hydroxylation is 1. The van der Waals surface area contributed by atoms with Crippen LogP contribution >= 0.6 is 22.9 Å². The Balaban J connectivity index is 1.95. The first-order valence-electron chi connectivity index (χ1n) is 7.56. The first kappa shape index (κ1) is 16.0. The zero-order valence-electron chi connectivity index (χ0n) is 13.2. The highest BCUT2D eigenvalue weighted by Gasteiger charge is 2.18. The van der Waals surface area contributed by atoms with Crippen LogP contribution in [0.2, 0.25) is 5.02 Å². The maximum atomic E-state index is 13.2. The van der Waals surface area contributed by atoms with Crippen LogP contribution in [0.25, 0.3) is 27.5 Å². The van der Waals surface area contributed by atoms with E-state index in [1.165, 1.54) is 23.5 Å². The molecule has 0 amide bonds. The van der Waals surface area contributed by atoms with Crippen LogP contribution in [0, 0.1) is 12.7 Å². The Bertz CT molecular complexity index is 1100. The average molecular weight is 371 g/mol. The Morgan fingerprint density at radius 3 is 2.56 bits per heavy atom. The Kier molecular flexibility index (Phi) is 3.90. The first-order valence-corrected chi connectivity index (χ1v) is 8.82. The molecule has 0 radical (unpaired) electrons. The van der Waals surface area contributed by atoms with Gasteiger partial charge < -0.3 is 0 Å². The smallest absolute Gasteiger partial charge is 0.195 e. The maximum absolute atomic E-state index is 13.2. The largest absolute Gasteiger partial charge is 0.296 e. The van der Waals surface area contributed by atoms with Crippen molar-refractivity contribution in [2.45, 2.75) is 6.92 Å². The van der Waals surface area contributed by atoms with E-state index in [9.17, 15) is 9.18 Å². The molecule has 4 aromatic rings. The summed E-state index contributed by atoms with van der Waals surface area (Å²) < 4.78 is 15.0. The van der Waals surface area contributed by atoms with Crippen LogP contribution in [0.1, 0.15) is 16.1 Å². The highest BCUT2D eigenvalue weighted by Crippen LogP contribution is 2.33. The van der Waals surface area contributed by atoms with Crippen molar-refractivity contribution in [1.82, 2.24) is 9.38 Å². The van der Waals surface area contributed by atoms with Gasteiger partial charge in [-0.1, -0.05) is 17.7 Å². The van der Waals surface area contributed by atoms with Gasteiger partial charge in [0.2, 0.25) is 0 Å². The number of nitrogens with zero attached hydrogens (tertiary/aromatic N) is 2. The third-order valence-corrected chi connectivity index (χ3v) is 5.33. The van der Waals surface area contributed by atoms with E-state index in [1.54, 1.807) is 18.2 Å². The molecular formula is C19H12ClFN2OS. The van der Waals surface area contributed by atoms with Crippen molar-refractivity contribution in [2.75, 3.05) is 0 Å². The van der Waals surface area contributed by atoms with Crippen LogP contribution in [-0.2, 0) is 0 Å². The molecule has 124 valence electrons. The molecule has 0 aliphatic heterocycles. The molecular weight excluding hydrogens is 359 g/mol. The molecule has 6 heteroatoms. The van der Waals surface area contributed by atoms with E-state index < -0.39 is 0 Å². The lowest BCUT2D eigenvalue weighted by Gasteiger charge is -2.04. The van der Waals surface area contributed by atoms with Gasteiger partial charge in [0.25, 0.3) is 0 Å². The minimum atomic E-state index is -0.297. The third kappa shape index (κ3) is 2.65. The lowest BCUT2D eigenvalue weighted by Crippen LogP contribution is -1.94. The molecule has 0 saturated carbocycles. The predicted molar refractivity (Wildman–Crippen MR) is 99.0 cm³/mol. The van der Waals surface area contributed by atoms with Crippen molar-refractivity contribution >= 4 is 34.2 Å². The number of thiazole rings is 1. The second-order valence-electron chi connectivity index (χ2n) is 5.67. The fraction of sp³-hybridized carbons (Fsp3) is 0.0526. The minimum Gasteiger partial charge on any atom is -0.296 e. The van der Waals surface area contributed by atoms with E-state index in [0.29, 0.717) is 21.4 Å². The number of imidazole rings is 1. The molecule has 25 heavy (non-hydrogen) atoms. The quantitative estimate of drug-likeness (QED) is 0.437. The molecule has 2 aromatic carbocycles. The molecule has 0 fully saturated rings. The van der Waals surface area contributed by atoms with Crippen LogP contribution < -0.4 is 0 Å². The van der Waals surface area contributed by atoms with Crippen molar-refractivity contribution in [3.63, 3.8) is 0 Å². The maximum Gasteiger partial charge on any atom is 0.195 e. The lowest BCUT2D eigenvalue weighted by atomic mass is 10.1. The summed E-state index contributed by atoms with van der Waals surface area (Å²) in [6.45, 7) is 1.91. The van der Waals surface area contributed by atoms with Crippen LogP contribution in [0.5, 0.6) is 0 Å². The van der Waals surface area contributed by atoms with Gasteiger partial charge in [0.15, 0.2) is 11.2 Å². The molecule has 3 nitrogen and oxygen atoms in total. The monoisotopic (exact) mass is 370 g/mol. The Hall–Kier alpha value is -2.50. The van der Waals surface area contributed by atoms with Crippen molar-refractivity contribution in [2.24, 2.45) is 0 Å². The van der Waals surface area contributed by atoms with Gasteiger partial charge in [-0.2, -0.15) is 0 Å². The van der Waals surface area contributed by atoms with Crippen LogP contribution in [0.4, 0.5) is 4.39 Å². The molecule has 2 aromatic heterocycles. The highest BCUT2D eigenvalue weighted by atomic mass is 35.5. The molecule has 0 saturated heterocycles. The normalized spacial score (nSPS) is 11.2. The van der Waals surface area contributed by atoms with Gasteiger partial charge in [-0.3, -0.25) is 9.20 Å². The average Bonchev–Trinajstić information content (AvgIpc) is 3.17. The molecule has 0 aliphatic rings. The lowest BCUT2D eigenvalue weighted by molar-refractivity contribution is 0.111. The van der Waals surface area contributed by atoms with E-state index in [0.717, 1.165) is 28.7 Å². The summed E-state index contributed by atoms with van der Waals surface area (Å²) in [7, 11) is 0. The summed E-state index contributed by atoms with van der Waals surface area (Å²) in [5.74, 6) is -0.297. The number of carbonyl (C=O) groups excluding carboxylic acids is 1. The molecule has 0 spiro atoms. The summed E-state index contributed by atoms with van der Waals surface area (Å²) in [4.78, 5) is 17.2. The number of hydrogen-bond acceptors (Lipinski definition) is 3. The number of benzene rings is 2. The number of aldehydes is 1. The van der Waals surface area contributed by atoms with E-state index in [4.69, 9.17) is 11.6 Å². The van der Waals surface area contributed by atoms with Gasteiger partial charge in [-0.05, 0) is 54.4 Å².